The smallest absolute Gasteiger partial charge is 0.693 e. The van der Waals surface area contributed by atoms with Gasteiger partial charge in [0.2, 0.25) is 0 Å². The quantitative estimate of drug-likeness (QED) is 0.159. The van der Waals surface area contributed by atoms with Crippen LogP contribution in [0, 0.1) is 19.6 Å². The van der Waals surface area contributed by atoms with E-state index in [1.807, 2.05) is 0 Å². The van der Waals surface area contributed by atoms with E-state index >= 15 is 0 Å². The molecule has 3 nitrogen and oxygen atoms in total. The van der Waals surface area contributed by atoms with E-state index in [4.69, 9.17) is 9.47 Å². The summed E-state index contributed by atoms with van der Waals surface area (Å²) in [4.78, 5) is 0. The standard InChI is InChI=1S/C50H66O2.CH3.H2N.2W.Y/c1-15-17-51-45-37-21-33-19-35(27-41(25-33)47(3,4)5)23-39-31-44(50(12,13)14)32-40(46(39)52-18-16-2)24-36-20-34(26-42(28-36)48(6,7)8)22-38(45)30-43(29-37)49(9,10)11;;;;;/h25-32H,15-18,21-24H2,1-14H3;1H3;1H2;;;/q-2;2*-1;;+2;. The van der Waals surface area contributed by atoms with E-state index in [2.05, 4.69) is 158 Å². The maximum atomic E-state index is 6.76. The average Bonchev–Trinajstić information content (AvgIpc) is 3.01. The third kappa shape index (κ3) is 14.5. The molecule has 1 radical (unpaired) electrons. The summed E-state index contributed by atoms with van der Waals surface area (Å²) in [6, 6.07) is 27.1. The van der Waals surface area contributed by atoms with Crippen molar-refractivity contribution in [2.75, 3.05) is 13.2 Å². The van der Waals surface area contributed by atoms with Crippen LogP contribution in [0.15, 0.2) is 48.5 Å². The molecule has 0 unspecified atom stereocenters. The first-order valence-corrected chi connectivity index (χ1v) is 19.8. The Morgan fingerprint density at radius 3 is 0.860 bits per heavy atom. The molecule has 0 heterocycles. The third-order valence-corrected chi connectivity index (χ3v) is 10.3. The molecule has 4 aromatic rings. The topological polar surface area (TPSA) is 52.0 Å². The van der Waals surface area contributed by atoms with Crippen LogP contribution in [0.3, 0.4) is 0 Å². The Hall–Kier alpha value is -1.08. The minimum Gasteiger partial charge on any atom is -0.693 e. The van der Waals surface area contributed by atoms with Crippen molar-refractivity contribution < 1.29 is 84.3 Å². The van der Waals surface area contributed by atoms with E-state index in [1.54, 1.807) is 0 Å². The SMILES string of the molecule is CCCOc1c2cc(C(C)(C)C)cc1Cc1[c-]c(cc(C(C)(C)C)c1)Cc1cc(C(C)(C)C)cc(c1OCCC)Cc1[c-]c(cc(C(C)(C)C)c1)C2.[CH3-].[NH2-].[W+2].[W].[Y]. The monoisotopic (exact) mass is 1190 g/mol. The normalized spacial score (nSPS) is 12.7. The predicted molar refractivity (Wildman–Crippen MR) is 233 cm³/mol. The molecule has 0 fully saturated rings. The molecular formula is C51H71NO2W2Y-2. The minimum absolute atomic E-state index is 0. The molecule has 5 rings (SSSR count). The van der Waals surface area contributed by atoms with Crippen LogP contribution in [0.4, 0.5) is 0 Å². The summed E-state index contributed by atoms with van der Waals surface area (Å²) >= 11 is 0. The van der Waals surface area contributed by atoms with Crippen molar-refractivity contribution in [1.29, 1.82) is 0 Å². The minimum atomic E-state index is -0.0136. The molecule has 0 saturated carbocycles. The Morgan fingerprint density at radius 1 is 0.456 bits per heavy atom. The molecule has 0 amide bonds. The molecule has 2 N–H and O–H groups in total. The molecular weight excluding hydrogens is 1120 g/mol. The van der Waals surface area contributed by atoms with Crippen LogP contribution in [-0.2, 0) is 122 Å². The van der Waals surface area contributed by atoms with Crippen LogP contribution in [0.2, 0.25) is 0 Å². The molecule has 4 aromatic carbocycles. The number of ether oxygens (including phenoxy) is 2. The number of hydrogen-bond acceptors (Lipinski definition) is 2. The Bertz CT molecular complexity index is 1680. The fourth-order valence-corrected chi connectivity index (χ4v) is 7.14. The summed E-state index contributed by atoms with van der Waals surface area (Å²) in [6.07, 6.45) is 4.96. The van der Waals surface area contributed by atoms with Crippen LogP contribution in [0.25, 0.3) is 6.15 Å². The fraction of sp³-hybridized carbons (Fsp3) is 0.510. The maximum absolute atomic E-state index is 6.76. The van der Waals surface area contributed by atoms with E-state index in [9.17, 15) is 0 Å². The van der Waals surface area contributed by atoms with Crippen molar-refractivity contribution in [1.82, 2.24) is 0 Å². The van der Waals surface area contributed by atoms with Crippen molar-refractivity contribution in [3.8, 4) is 11.5 Å². The number of benzene rings is 4. The van der Waals surface area contributed by atoms with Crippen LogP contribution in [-0.4, -0.2) is 13.2 Å². The van der Waals surface area contributed by atoms with Crippen LogP contribution in [0.5, 0.6) is 11.5 Å². The van der Waals surface area contributed by atoms with E-state index in [-0.39, 0.29) is 110 Å². The molecule has 0 aliphatic heterocycles. The number of rotatable bonds is 6. The summed E-state index contributed by atoms with van der Waals surface area (Å²) < 4.78 is 13.5. The molecule has 57 heavy (non-hydrogen) atoms. The Kier molecular flexibility index (Phi) is 21.7. The second-order valence-electron chi connectivity index (χ2n) is 19.5. The second kappa shape index (κ2) is 22.1. The first-order chi connectivity index (χ1) is 24.1. The molecule has 8 bridgehead atoms. The van der Waals surface area contributed by atoms with Crippen LogP contribution in [0.1, 0.15) is 177 Å². The van der Waals surface area contributed by atoms with Crippen molar-refractivity contribution in [3.63, 3.8) is 0 Å². The first kappa shape index (κ1) is 55.9. The summed E-state index contributed by atoms with van der Waals surface area (Å²) in [6.45, 7) is 33.6. The summed E-state index contributed by atoms with van der Waals surface area (Å²) in [7, 11) is 0. The molecule has 309 valence electrons. The fourth-order valence-electron chi connectivity index (χ4n) is 7.14. The molecule has 0 spiro atoms. The number of nitrogens with two attached hydrogens (primary N) is 1. The van der Waals surface area contributed by atoms with Gasteiger partial charge < -0.3 is 23.1 Å². The molecule has 0 atom stereocenters. The summed E-state index contributed by atoms with van der Waals surface area (Å²) in [5.74, 6) is 2.06. The second-order valence-corrected chi connectivity index (χ2v) is 19.5. The van der Waals surface area contributed by atoms with Gasteiger partial charge in [-0.15, -0.1) is 0 Å². The van der Waals surface area contributed by atoms with Gasteiger partial charge in [-0.25, -0.2) is 0 Å². The summed E-state index contributed by atoms with van der Waals surface area (Å²) in [5.41, 5.74) is 15.1. The maximum Gasteiger partial charge on any atom is 2.00 e. The average molecular weight is 1190 g/mol. The Morgan fingerprint density at radius 2 is 0.667 bits per heavy atom. The van der Waals surface area contributed by atoms with Gasteiger partial charge in [0, 0.05) is 53.8 Å². The number of hydrogen-bond donors (Lipinski definition) is 0. The Labute approximate surface area is 403 Å². The van der Waals surface area contributed by atoms with Gasteiger partial charge in [-0.1, -0.05) is 121 Å². The van der Waals surface area contributed by atoms with Gasteiger partial charge in [0.15, 0.2) is 0 Å². The largest absolute Gasteiger partial charge is 2.00 e. The zero-order valence-corrected chi connectivity index (χ0v) is 46.8. The van der Waals surface area contributed by atoms with Gasteiger partial charge in [-0.2, -0.15) is 69.8 Å². The van der Waals surface area contributed by atoms with Gasteiger partial charge in [0.25, 0.3) is 0 Å². The van der Waals surface area contributed by atoms with Gasteiger partial charge in [0.05, 0.1) is 13.2 Å². The van der Waals surface area contributed by atoms with Crippen LogP contribution >= 0.6 is 0 Å². The first-order valence-electron chi connectivity index (χ1n) is 19.8. The van der Waals surface area contributed by atoms with E-state index in [0.29, 0.717) is 13.2 Å². The molecule has 1 aliphatic rings. The van der Waals surface area contributed by atoms with Gasteiger partial charge >= 0.3 is 21.1 Å². The van der Waals surface area contributed by atoms with E-state index in [1.165, 1.54) is 66.8 Å². The van der Waals surface area contributed by atoms with Crippen molar-refractivity contribution in [2.24, 2.45) is 0 Å². The van der Waals surface area contributed by atoms with E-state index in [0.717, 1.165) is 50.0 Å². The van der Waals surface area contributed by atoms with Crippen LogP contribution < -0.4 is 9.47 Å². The molecule has 6 heteroatoms. The zero-order valence-electron chi connectivity index (χ0n) is 38.1. The Balaban J connectivity index is 0.00000627. The van der Waals surface area contributed by atoms with Gasteiger partial charge in [-0.05, 0) is 93.6 Å². The number of fused-ring (bicyclic) bond motifs is 8. The van der Waals surface area contributed by atoms with Crippen molar-refractivity contribution in [2.45, 2.75) is 157 Å². The van der Waals surface area contributed by atoms with Crippen molar-refractivity contribution in [3.05, 3.63) is 141 Å². The van der Waals surface area contributed by atoms with Gasteiger partial charge in [-0.3, -0.25) is 0 Å². The van der Waals surface area contributed by atoms with Crippen molar-refractivity contribution >= 4 is 0 Å². The summed E-state index contributed by atoms with van der Waals surface area (Å²) in [5, 5.41) is 0. The third-order valence-electron chi connectivity index (χ3n) is 10.3. The predicted octanol–water partition coefficient (Wildman–Crippen LogP) is 13.9. The van der Waals surface area contributed by atoms with E-state index < -0.39 is 0 Å². The molecule has 1 aliphatic carbocycles. The molecule has 0 saturated heterocycles. The molecule has 0 aromatic heterocycles. The zero-order chi connectivity index (χ0) is 38.2. The van der Waals surface area contributed by atoms with Gasteiger partial charge in [0.1, 0.15) is 11.5 Å².